The van der Waals surface area contributed by atoms with Crippen LogP contribution in [0.1, 0.15) is 32.0 Å². The normalized spacial score (nSPS) is 14.9. The maximum Gasteiger partial charge on any atom is 0.289 e. The molecule has 0 N–H and O–H groups in total. The number of amides is 2. The van der Waals surface area contributed by atoms with E-state index in [0.29, 0.717) is 37.5 Å². The van der Waals surface area contributed by atoms with Gasteiger partial charge in [0.2, 0.25) is 0 Å². The van der Waals surface area contributed by atoms with Gasteiger partial charge in [-0.25, -0.2) is 0 Å². The Morgan fingerprint density at radius 3 is 2.00 bits per heavy atom. The Morgan fingerprint density at radius 2 is 1.48 bits per heavy atom. The molecule has 2 amide bonds. The Morgan fingerprint density at radius 1 is 0.913 bits per heavy atom. The summed E-state index contributed by atoms with van der Waals surface area (Å²) in [7, 11) is 0. The summed E-state index contributed by atoms with van der Waals surface area (Å²) in [6.07, 6.45) is 1.49. The monoisotopic (exact) mass is 312 g/mol. The van der Waals surface area contributed by atoms with Gasteiger partial charge < -0.3 is 14.2 Å². The second-order valence-electron chi connectivity index (χ2n) is 5.94. The number of nitrogens with zero attached hydrogens (tertiary/aromatic N) is 2. The highest BCUT2D eigenvalue weighted by molar-refractivity contribution is 5.95. The lowest BCUT2D eigenvalue weighted by Crippen LogP contribution is -2.50. The third-order valence-corrected chi connectivity index (χ3v) is 4.05. The van der Waals surface area contributed by atoms with Gasteiger partial charge in [0.15, 0.2) is 5.76 Å². The smallest absolute Gasteiger partial charge is 0.289 e. The molecule has 0 radical (unpaired) electrons. The van der Waals surface area contributed by atoms with Gasteiger partial charge in [-0.2, -0.15) is 0 Å². The Labute approximate surface area is 135 Å². The zero-order valence-electron chi connectivity index (χ0n) is 13.4. The number of hydrogen-bond donors (Lipinski definition) is 0. The summed E-state index contributed by atoms with van der Waals surface area (Å²) < 4.78 is 5.15. The van der Waals surface area contributed by atoms with Crippen LogP contribution in [-0.4, -0.2) is 47.8 Å². The van der Waals surface area contributed by atoms with E-state index in [-0.39, 0.29) is 11.8 Å². The molecule has 23 heavy (non-hydrogen) atoms. The van der Waals surface area contributed by atoms with E-state index in [9.17, 15) is 9.59 Å². The lowest BCUT2D eigenvalue weighted by Gasteiger charge is -2.34. The molecule has 1 aliphatic heterocycles. The van der Waals surface area contributed by atoms with Crippen molar-refractivity contribution in [2.75, 3.05) is 26.2 Å². The van der Waals surface area contributed by atoms with Crippen molar-refractivity contribution in [2.45, 2.75) is 13.8 Å². The van der Waals surface area contributed by atoms with E-state index in [1.54, 1.807) is 21.9 Å². The molecule has 2 aromatic rings. The molecule has 5 heteroatoms. The number of carbonyl (C=O) groups is 2. The molecule has 0 aliphatic carbocycles. The minimum atomic E-state index is -0.117. The van der Waals surface area contributed by atoms with Crippen molar-refractivity contribution in [3.8, 4) is 0 Å². The number of piperazine rings is 1. The number of aryl methyl sites for hydroxylation is 2. The van der Waals surface area contributed by atoms with Gasteiger partial charge >= 0.3 is 0 Å². The number of hydrogen-bond acceptors (Lipinski definition) is 3. The molecule has 0 spiro atoms. The van der Waals surface area contributed by atoms with E-state index in [0.717, 1.165) is 11.1 Å². The van der Waals surface area contributed by atoms with Crippen molar-refractivity contribution >= 4 is 11.8 Å². The van der Waals surface area contributed by atoms with Crippen LogP contribution in [0.5, 0.6) is 0 Å². The highest BCUT2D eigenvalue weighted by Gasteiger charge is 2.26. The summed E-state index contributed by atoms with van der Waals surface area (Å²) in [4.78, 5) is 28.4. The Bertz CT molecular complexity index is 694. The van der Waals surface area contributed by atoms with Crippen molar-refractivity contribution < 1.29 is 14.0 Å². The lowest BCUT2D eigenvalue weighted by atomic mass is 10.1. The van der Waals surface area contributed by atoms with E-state index in [2.05, 4.69) is 6.07 Å². The number of benzene rings is 1. The van der Waals surface area contributed by atoms with Crippen molar-refractivity contribution in [1.82, 2.24) is 9.80 Å². The summed E-state index contributed by atoms with van der Waals surface area (Å²) in [6, 6.07) is 9.24. The van der Waals surface area contributed by atoms with Gasteiger partial charge in [0.25, 0.3) is 11.8 Å². The van der Waals surface area contributed by atoms with E-state index in [1.165, 1.54) is 6.26 Å². The zero-order chi connectivity index (χ0) is 16.4. The topological polar surface area (TPSA) is 53.8 Å². The average molecular weight is 312 g/mol. The zero-order valence-corrected chi connectivity index (χ0v) is 13.4. The summed E-state index contributed by atoms with van der Waals surface area (Å²) in [5.41, 5.74) is 2.88. The predicted octanol–water partition coefficient (Wildman–Crippen LogP) is 2.49. The SMILES string of the molecule is Cc1cc(C)cc(C(=O)N2CCN(C(=O)c3ccco3)CC2)c1. The summed E-state index contributed by atoms with van der Waals surface area (Å²) in [5, 5.41) is 0. The van der Waals surface area contributed by atoms with Crippen LogP contribution in [0.2, 0.25) is 0 Å². The van der Waals surface area contributed by atoms with Crippen LogP contribution in [0.15, 0.2) is 41.0 Å². The molecule has 1 fully saturated rings. The number of rotatable bonds is 2. The quantitative estimate of drug-likeness (QED) is 0.856. The Hall–Kier alpha value is -2.56. The Kier molecular flexibility index (Phi) is 4.19. The second-order valence-corrected chi connectivity index (χ2v) is 5.94. The summed E-state index contributed by atoms with van der Waals surface area (Å²) >= 11 is 0. The van der Waals surface area contributed by atoms with Gasteiger partial charge in [0, 0.05) is 31.7 Å². The maximum absolute atomic E-state index is 12.6. The van der Waals surface area contributed by atoms with Crippen LogP contribution in [0.4, 0.5) is 0 Å². The highest BCUT2D eigenvalue weighted by Crippen LogP contribution is 2.14. The third kappa shape index (κ3) is 3.28. The molecule has 3 rings (SSSR count). The van der Waals surface area contributed by atoms with Crippen LogP contribution < -0.4 is 0 Å². The van der Waals surface area contributed by atoms with E-state index >= 15 is 0 Å². The fraction of sp³-hybridized carbons (Fsp3) is 0.333. The molecule has 2 heterocycles. The molecule has 5 nitrogen and oxygen atoms in total. The molecule has 0 unspecified atom stereocenters. The highest BCUT2D eigenvalue weighted by atomic mass is 16.3. The van der Waals surface area contributed by atoms with Gasteiger partial charge in [-0.15, -0.1) is 0 Å². The van der Waals surface area contributed by atoms with Crippen molar-refractivity contribution in [2.24, 2.45) is 0 Å². The first-order valence-electron chi connectivity index (χ1n) is 7.75. The van der Waals surface area contributed by atoms with Crippen LogP contribution in [0.3, 0.4) is 0 Å². The van der Waals surface area contributed by atoms with E-state index < -0.39 is 0 Å². The van der Waals surface area contributed by atoms with Crippen LogP contribution >= 0.6 is 0 Å². The molecule has 0 saturated carbocycles. The fourth-order valence-corrected chi connectivity index (χ4v) is 2.95. The minimum absolute atomic E-state index is 0.0295. The number of carbonyl (C=O) groups excluding carboxylic acids is 2. The standard InChI is InChI=1S/C18H20N2O3/c1-13-10-14(2)12-15(11-13)17(21)19-5-7-20(8-6-19)18(22)16-4-3-9-23-16/h3-4,9-12H,5-8H2,1-2H3. The van der Waals surface area contributed by atoms with E-state index in [1.807, 2.05) is 26.0 Å². The number of furan rings is 1. The summed E-state index contributed by atoms with van der Waals surface area (Å²) in [6.45, 7) is 6.11. The minimum Gasteiger partial charge on any atom is -0.459 e. The van der Waals surface area contributed by atoms with Crippen molar-refractivity contribution in [3.05, 3.63) is 59.0 Å². The van der Waals surface area contributed by atoms with Gasteiger partial charge in [-0.05, 0) is 38.1 Å². The summed E-state index contributed by atoms with van der Waals surface area (Å²) in [5.74, 6) is 0.259. The molecule has 1 aliphatic rings. The molecular formula is C18H20N2O3. The van der Waals surface area contributed by atoms with Gasteiger partial charge in [-0.3, -0.25) is 9.59 Å². The molecule has 1 aromatic carbocycles. The average Bonchev–Trinajstić information content (AvgIpc) is 3.07. The molecule has 0 atom stereocenters. The largest absolute Gasteiger partial charge is 0.459 e. The first-order valence-corrected chi connectivity index (χ1v) is 7.75. The maximum atomic E-state index is 12.6. The van der Waals surface area contributed by atoms with Gasteiger partial charge in [0.05, 0.1) is 6.26 Å². The molecule has 1 aromatic heterocycles. The lowest BCUT2D eigenvalue weighted by molar-refractivity contribution is 0.0518. The Balaban J connectivity index is 1.64. The van der Waals surface area contributed by atoms with Crippen LogP contribution in [0.25, 0.3) is 0 Å². The van der Waals surface area contributed by atoms with Gasteiger partial charge in [0.1, 0.15) is 0 Å². The first-order chi connectivity index (χ1) is 11.0. The predicted molar refractivity (Wildman–Crippen MR) is 86.4 cm³/mol. The molecule has 0 bridgehead atoms. The van der Waals surface area contributed by atoms with Crippen molar-refractivity contribution in [1.29, 1.82) is 0 Å². The molecule has 1 saturated heterocycles. The molecule has 120 valence electrons. The second kappa shape index (κ2) is 6.28. The van der Waals surface area contributed by atoms with Crippen LogP contribution in [-0.2, 0) is 0 Å². The van der Waals surface area contributed by atoms with Crippen molar-refractivity contribution in [3.63, 3.8) is 0 Å². The molecular weight excluding hydrogens is 292 g/mol. The van der Waals surface area contributed by atoms with Crippen LogP contribution in [0, 0.1) is 13.8 Å². The first kappa shape index (κ1) is 15.3. The fourth-order valence-electron chi connectivity index (χ4n) is 2.95. The third-order valence-electron chi connectivity index (χ3n) is 4.05. The van der Waals surface area contributed by atoms with Gasteiger partial charge in [-0.1, -0.05) is 17.2 Å². The van der Waals surface area contributed by atoms with E-state index in [4.69, 9.17) is 4.42 Å².